The van der Waals surface area contributed by atoms with Gasteiger partial charge in [-0.2, -0.15) is 0 Å². The van der Waals surface area contributed by atoms with Crippen LogP contribution in [0.15, 0.2) is 54.6 Å². The van der Waals surface area contributed by atoms with Gasteiger partial charge in [-0.25, -0.2) is 0 Å². The van der Waals surface area contributed by atoms with Gasteiger partial charge in [0.15, 0.2) is 0 Å². The van der Waals surface area contributed by atoms with Crippen molar-refractivity contribution < 1.29 is 4.74 Å². The SMILES string of the molecule is COCc1ccccc1C(CN)NC(C)c1ccccc1. The molecule has 0 aliphatic heterocycles. The lowest BCUT2D eigenvalue weighted by molar-refractivity contribution is 0.183. The van der Waals surface area contributed by atoms with Gasteiger partial charge in [-0.3, -0.25) is 0 Å². The van der Waals surface area contributed by atoms with Crippen LogP contribution in [0.4, 0.5) is 0 Å². The summed E-state index contributed by atoms with van der Waals surface area (Å²) in [4.78, 5) is 0. The van der Waals surface area contributed by atoms with Gasteiger partial charge in [-0.05, 0) is 23.6 Å². The van der Waals surface area contributed by atoms with Crippen molar-refractivity contribution >= 4 is 0 Å². The molecule has 0 bridgehead atoms. The zero-order valence-corrected chi connectivity index (χ0v) is 12.8. The Morgan fingerprint density at radius 1 is 1.05 bits per heavy atom. The average molecular weight is 284 g/mol. The zero-order valence-electron chi connectivity index (χ0n) is 12.8. The number of hydrogen-bond acceptors (Lipinski definition) is 3. The van der Waals surface area contributed by atoms with Gasteiger partial charge in [0.25, 0.3) is 0 Å². The molecule has 0 spiro atoms. The van der Waals surface area contributed by atoms with Crippen molar-refractivity contribution in [2.45, 2.75) is 25.6 Å². The monoisotopic (exact) mass is 284 g/mol. The molecule has 3 N–H and O–H groups in total. The molecule has 0 saturated heterocycles. The lowest BCUT2D eigenvalue weighted by Gasteiger charge is -2.25. The van der Waals surface area contributed by atoms with Gasteiger partial charge in [0.2, 0.25) is 0 Å². The summed E-state index contributed by atoms with van der Waals surface area (Å²) in [5.41, 5.74) is 9.65. The first-order valence-corrected chi connectivity index (χ1v) is 7.34. The maximum absolute atomic E-state index is 5.99. The lowest BCUT2D eigenvalue weighted by atomic mass is 9.98. The first kappa shape index (κ1) is 15.7. The zero-order chi connectivity index (χ0) is 15.1. The highest BCUT2D eigenvalue weighted by atomic mass is 16.5. The third kappa shape index (κ3) is 4.14. The number of benzene rings is 2. The summed E-state index contributed by atoms with van der Waals surface area (Å²) in [6, 6.07) is 19.1. The second-order valence-electron chi connectivity index (χ2n) is 5.22. The summed E-state index contributed by atoms with van der Waals surface area (Å²) in [7, 11) is 1.72. The maximum Gasteiger partial charge on any atom is 0.0716 e. The van der Waals surface area contributed by atoms with E-state index in [1.165, 1.54) is 16.7 Å². The van der Waals surface area contributed by atoms with Crippen molar-refractivity contribution in [3.05, 3.63) is 71.3 Å². The molecular weight excluding hydrogens is 260 g/mol. The number of nitrogens with two attached hydrogens (primary N) is 1. The van der Waals surface area contributed by atoms with Gasteiger partial charge in [-0.1, -0.05) is 54.6 Å². The van der Waals surface area contributed by atoms with Crippen LogP contribution in [0.2, 0.25) is 0 Å². The number of methoxy groups -OCH3 is 1. The molecular formula is C18H24N2O. The Balaban J connectivity index is 2.16. The molecule has 0 aliphatic rings. The van der Waals surface area contributed by atoms with Crippen molar-refractivity contribution in [3.8, 4) is 0 Å². The second kappa shape index (κ2) is 7.93. The molecule has 0 saturated carbocycles. The minimum Gasteiger partial charge on any atom is -0.380 e. The van der Waals surface area contributed by atoms with Crippen molar-refractivity contribution in [2.24, 2.45) is 5.73 Å². The molecule has 0 heterocycles. The van der Waals surface area contributed by atoms with E-state index in [-0.39, 0.29) is 12.1 Å². The predicted octanol–water partition coefficient (Wildman–Crippen LogP) is 3.18. The molecule has 2 aromatic carbocycles. The fourth-order valence-electron chi connectivity index (χ4n) is 2.59. The van der Waals surface area contributed by atoms with E-state index in [9.17, 15) is 0 Å². The van der Waals surface area contributed by atoms with Gasteiger partial charge in [-0.15, -0.1) is 0 Å². The Morgan fingerprint density at radius 2 is 1.71 bits per heavy atom. The van der Waals surface area contributed by atoms with Crippen LogP contribution in [0.5, 0.6) is 0 Å². The van der Waals surface area contributed by atoms with E-state index in [4.69, 9.17) is 10.5 Å². The van der Waals surface area contributed by atoms with E-state index < -0.39 is 0 Å². The Kier molecular flexibility index (Phi) is 5.93. The molecule has 2 unspecified atom stereocenters. The quantitative estimate of drug-likeness (QED) is 0.821. The van der Waals surface area contributed by atoms with Crippen LogP contribution in [-0.4, -0.2) is 13.7 Å². The van der Waals surface area contributed by atoms with E-state index in [0.717, 1.165) is 0 Å². The minimum absolute atomic E-state index is 0.117. The van der Waals surface area contributed by atoms with E-state index in [2.05, 4.69) is 48.6 Å². The highest BCUT2D eigenvalue weighted by Crippen LogP contribution is 2.22. The van der Waals surface area contributed by atoms with Crippen LogP contribution in [-0.2, 0) is 11.3 Å². The van der Waals surface area contributed by atoms with Gasteiger partial charge in [0, 0.05) is 25.7 Å². The van der Waals surface area contributed by atoms with Gasteiger partial charge in [0.1, 0.15) is 0 Å². The number of ether oxygens (including phenoxy) is 1. The fourth-order valence-corrected chi connectivity index (χ4v) is 2.59. The molecule has 0 aromatic heterocycles. The van der Waals surface area contributed by atoms with Crippen molar-refractivity contribution in [3.63, 3.8) is 0 Å². The molecule has 2 aromatic rings. The molecule has 0 radical (unpaired) electrons. The molecule has 3 heteroatoms. The Bertz CT molecular complexity index is 542. The van der Waals surface area contributed by atoms with Crippen molar-refractivity contribution in [2.75, 3.05) is 13.7 Å². The summed E-state index contributed by atoms with van der Waals surface area (Å²) in [5, 5.41) is 3.62. The Hall–Kier alpha value is -1.68. The first-order chi connectivity index (χ1) is 10.3. The normalized spacial score (nSPS) is 13.9. The van der Waals surface area contributed by atoms with Gasteiger partial charge < -0.3 is 15.8 Å². The van der Waals surface area contributed by atoms with Crippen molar-refractivity contribution in [1.29, 1.82) is 0 Å². The summed E-state index contributed by atoms with van der Waals surface area (Å²) < 4.78 is 5.28. The van der Waals surface area contributed by atoms with Crippen molar-refractivity contribution in [1.82, 2.24) is 5.32 Å². The summed E-state index contributed by atoms with van der Waals surface area (Å²) in [6.07, 6.45) is 0. The van der Waals surface area contributed by atoms with Crippen LogP contribution in [0.25, 0.3) is 0 Å². The predicted molar refractivity (Wildman–Crippen MR) is 86.9 cm³/mol. The van der Waals surface area contributed by atoms with Gasteiger partial charge in [0.05, 0.1) is 6.61 Å². The van der Waals surface area contributed by atoms with Gasteiger partial charge >= 0.3 is 0 Å². The van der Waals surface area contributed by atoms with E-state index in [1.54, 1.807) is 7.11 Å². The molecule has 21 heavy (non-hydrogen) atoms. The lowest BCUT2D eigenvalue weighted by Crippen LogP contribution is -2.31. The van der Waals surface area contributed by atoms with Crippen LogP contribution >= 0.6 is 0 Å². The first-order valence-electron chi connectivity index (χ1n) is 7.34. The smallest absolute Gasteiger partial charge is 0.0716 e. The second-order valence-corrected chi connectivity index (χ2v) is 5.22. The molecule has 2 rings (SSSR count). The molecule has 0 amide bonds. The number of nitrogens with one attached hydrogen (secondary N) is 1. The van der Waals surface area contributed by atoms with Crippen LogP contribution in [0, 0.1) is 0 Å². The summed E-state index contributed by atoms with van der Waals surface area (Å²) >= 11 is 0. The van der Waals surface area contributed by atoms with E-state index in [1.807, 2.05) is 18.2 Å². The number of rotatable bonds is 7. The standard InChI is InChI=1S/C18H24N2O/c1-14(15-8-4-3-5-9-15)20-18(12-19)17-11-7-6-10-16(17)13-21-2/h3-11,14,18,20H,12-13,19H2,1-2H3. The summed E-state index contributed by atoms with van der Waals surface area (Å²) in [6.45, 7) is 3.32. The third-order valence-corrected chi connectivity index (χ3v) is 3.72. The molecule has 3 nitrogen and oxygen atoms in total. The Morgan fingerprint density at radius 3 is 2.38 bits per heavy atom. The fraction of sp³-hybridized carbons (Fsp3) is 0.333. The maximum atomic E-state index is 5.99. The van der Waals surface area contributed by atoms with Crippen LogP contribution in [0.3, 0.4) is 0 Å². The Labute approximate surface area is 127 Å². The average Bonchev–Trinajstić information content (AvgIpc) is 2.54. The highest BCUT2D eigenvalue weighted by molar-refractivity contribution is 5.30. The van der Waals surface area contributed by atoms with Crippen LogP contribution in [0.1, 0.15) is 35.7 Å². The third-order valence-electron chi connectivity index (χ3n) is 3.72. The molecule has 0 fully saturated rings. The molecule has 2 atom stereocenters. The number of hydrogen-bond donors (Lipinski definition) is 2. The van der Waals surface area contributed by atoms with E-state index in [0.29, 0.717) is 13.2 Å². The topological polar surface area (TPSA) is 47.3 Å². The highest BCUT2D eigenvalue weighted by Gasteiger charge is 2.16. The van der Waals surface area contributed by atoms with Crippen LogP contribution < -0.4 is 11.1 Å². The largest absolute Gasteiger partial charge is 0.380 e. The molecule has 112 valence electrons. The summed E-state index contributed by atoms with van der Waals surface area (Å²) in [5.74, 6) is 0. The van der Waals surface area contributed by atoms with E-state index >= 15 is 0 Å². The minimum atomic E-state index is 0.117. The molecule has 0 aliphatic carbocycles.